The minimum absolute atomic E-state index is 0.328. The average Bonchev–Trinajstić information content (AvgIpc) is 2.86. The molecule has 0 spiro atoms. The quantitative estimate of drug-likeness (QED) is 0.113. The molecule has 0 saturated heterocycles. The van der Waals surface area contributed by atoms with Crippen molar-refractivity contribution in [3.05, 3.63) is 72.7 Å². The highest BCUT2D eigenvalue weighted by atomic mass is 16.5. The number of hydrogen-bond donors (Lipinski definition) is 0. The van der Waals surface area contributed by atoms with Crippen LogP contribution < -0.4 is 9.47 Å². The molecule has 0 aromatic heterocycles. The van der Waals surface area contributed by atoms with Crippen LogP contribution in [0.4, 0.5) is 0 Å². The molecule has 2 aromatic carbocycles. The molecular formula is C29H37O5. The van der Waals surface area contributed by atoms with Crippen molar-refractivity contribution in [2.24, 2.45) is 0 Å². The smallest absolute Gasteiger partial charge is 0.338 e. The lowest BCUT2D eigenvalue weighted by molar-refractivity contribution is -0.128. The fourth-order valence-electron chi connectivity index (χ4n) is 3.25. The van der Waals surface area contributed by atoms with Crippen LogP contribution in [0.3, 0.4) is 0 Å². The Morgan fingerprint density at radius 3 is 2.15 bits per heavy atom. The van der Waals surface area contributed by atoms with Gasteiger partial charge in [0.1, 0.15) is 11.5 Å². The van der Waals surface area contributed by atoms with Gasteiger partial charge in [-0.05, 0) is 60.9 Å². The third-order valence-corrected chi connectivity index (χ3v) is 5.24. The number of esters is 2. The van der Waals surface area contributed by atoms with Gasteiger partial charge >= 0.3 is 11.9 Å². The Morgan fingerprint density at radius 2 is 1.44 bits per heavy atom. The van der Waals surface area contributed by atoms with E-state index in [1.807, 2.05) is 0 Å². The lowest BCUT2D eigenvalue weighted by atomic mass is 10.1. The van der Waals surface area contributed by atoms with Crippen LogP contribution >= 0.6 is 0 Å². The fraction of sp³-hybridized carbons (Fsp3) is 0.414. The van der Waals surface area contributed by atoms with E-state index in [-0.39, 0.29) is 5.97 Å². The van der Waals surface area contributed by atoms with E-state index in [0.717, 1.165) is 62.7 Å². The number of unbranched alkanes of at least 4 members (excludes halogenated alkanes) is 7. The number of carbonyl (C=O) groups excluding carboxylic acids is 2. The van der Waals surface area contributed by atoms with Gasteiger partial charge in [-0.15, -0.1) is 0 Å². The van der Waals surface area contributed by atoms with E-state index in [1.54, 1.807) is 54.6 Å². The predicted octanol–water partition coefficient (Wildman–Crippen LogP) is 7.21. The Hall–Kier alpha value is -3.08. The van der Waals surface area contributed by atoms with Gasteiger partial charge in [-0.1, -0.05) is 70.9 Å². The highest BCUT2D eigenvalue weighted by Gasteiger charge is 2.07. The molecule has 2 aromatic rings. The first kappa shape index (κ1) is 27.2. The minimum atomic E-state index is -0.477. The van der Waals surface area contributed by atoms with Gasteiger partial charge in [-0.3, -0.25) is 0 Å². The summed E-state index contributed by atoms with van der Waals surface area (Å²) in [6.45, 7) is 7.10. The molecule has 0 aliphatic carbocycles. The van der Waals surface area contributed by atoms with Crippen molar-refractivity contribution in [1.82, 2.24) is 0 Å². The van der Waals surface area contributed by atoms with Crippen LogP contribution in [0.2, 0.25) is 0 Å². The topological polar surface area (TPSA) is 61.8 Å². The van der Waals surface area contributed by atoms with Crippen LogP contribution in [-0.4, -0.2) is 25.2 Å². The SMILES string of the molecule is [CH2]CCCCCCCOC(=O)c1ccc(/C=C/C(=O)Oc2ccc(OCCCCC)cc2)cc1. The second-order valence-electron chi connectivity index (χ2n) is 8.16. The molecule has 5 nitrogen and oxygen atoms in total. The Kier molecular flexibility index (Phi) is 13.2. The van der Waals surface area contributed by atoms with Crippen LogP contribution in [0.25, 0.3) is 6.08 Å². The molecule has 0 aliphatic rings. The summed E-state index contributed by atoms with van der Waals surface area (Å²) in [5.74, 6) is 0.409. The van der Waals surface area contributed by atoms with Gasteiger partial charge in [0.05, 0.1) is 18.8 Å². The zero-order chi connectivity index (χ0) is 24.4. The van der Waals surface area contributed by atoms with Crippen molar-refractivity contribution < 1.29 is 23.8 Å². The van der Waals surface area contributed by atoms with Crippen molar-refractivity contribution in [1.29, 1.82) is 0 Å². The van der Waals surface area contributed by atoms with E-state index in [9.17, 15) is 9.59 Å². The van der Waals surface area contributed by atoms with Crippen LogP contribution in [-0.2, 0) is 9.53 Å². The highest BCUT2D eigenvalue weighted by molar-refractivity contribution is 5.91. The summed E-state index contributed by atoms with van der Waals surface area (Å²) in [5.41, 5.74) is 1.28. The van der Waals surface area contributed by atoms with E-state index in [0.29, 0.717) is 24.5 Å². The normalized spacial score (nSPS) is 10.9. The number of benzene rings is 2. The zero-order valence-corrected chi connectivity index (χ0v) is 20.3. The molecule has 0 saturated carbocycles. The first-order valence-corrected chi connectivity index (χ1v) is 12.3. The summed E-state index contributed by atoms with van der Waals surface area (Å²) in [7, 11) is 0. The molecule has 0 bridgehead atoms. The van der Waals surface area contributed by atoms with Gasteiger partial charge in [0, 0.05) is 6.08 Å². The monoisotopic (exact) mass is 465 g/mol. The molecule has 0 atom stereocenters. The molecule has 2 rings (SSSR count). The third-order valence-electron chi connectivity index (χ3n) is 5.24. The van der Waals surface area contributed by atoms with Crippen LogP contribution in [0, 0.1) is 6.92 Å². The molecule has 5 heteroatoms. The Morgan fingerprint density at radius 1 is 0.794 bits per heavy atom. The second-order valence-corrected chi connectivity index (χ2v) is 8.16. The molecular weight excluding hydrogens is 428 g/mol. The number of ether oxygens (including phenoxy) is 3. The van der Waals surface area contributed by atoms with Crippen molar-refractivity contribution in [2.75, 3.05) is 13.2 Å². The molecule has 0 amide bonds. The first-order valence-electron chi connectivity index (χ1n) is 12.3. The van der Waals surface area contributed by atoms with Gasteiger partial charge in [0.15, 0.2) is 0 Å². The van der Waals surface area contributed by atoms with Crippen molar-refractivity contribution in [3.63, 3.8) is 0 Å². The number of hydrogen-bond acceptors (Lipinski definition) is 5. The Bertz CT molecular complexity index is 868. The molecule has 34 heavy (non-hydrogen) atoms. The summed E-state index contributed by atoms with van der Waals surface area (Å²) in [5, 5.41) is 0. The summed E-state index contributed by atoms with van der Waals surface area (Å²) in [6, 6.07) is 13.9. The van der Waals surface area contributed by atoms with Crippen molar-refractivity contribution >= 4 is 18.0 Å². The van der Waals surface area contributed by atoms with Gasteiger partial charge < -0.3 is 14.2 Å². The molecule has 0 heterocycles. The standard InChI is InChI=1S/C29H37O5/c1-3-5-7-8-9-11-23-33-29(31)25-15-12-24(13-16-25)14-21-28(30)34-27-19-17-26(18-20-27)32-22-10-6-4-2/h12-21H,1,3-11,22-23H2,2H3/b21-14+. The molecule has 1 radical (unpaired) electrons. The summed E-state index contributed by atoms with van der Waals surface area (Å²) >= 11 is 0. The highest BCUT2D eigenvalue weighted by Crippen LogP contribution is 2.18. The van der Waals surface area contributed by atoms with Crippen LogP contribution in [0.5, 0.6) is 11.5 Å². The number of rotatable bonds is 16. The predicted molar refractivity (Wildman–Crippen MR) is 136 cm³/mol. The Labute approximate surface area is 204 Å². The maximum atomic E-state index is 12.1. The lowest BCUT2D eigenvalue weighted by Crippen LogP contribution is -2.06. The second kappa shape index (κ2) is 16.5. The van der Waals surface area contributed by atoms with Gasteiger partial charge in [0.25, 0.3) is 0 Å². The van der Waals surface area contributed by atoms with Crippen LogP contribution in [0.1, 0.15) is 80.6 Å². The average molecular weight is 466 g/mol. The van der Waals surface area contributed by atoms with Gasteiger partial charge in [-0.2, -0.15) is 0 Å². The molecule has 183 valence electrons. The van der Waals surface area contributed by atoms with Crippen molar-refractivity contribution in [3.8, 4) is 11.5 Å². The minimum Gasteiger partial charge on any atom is -0.494 e. The van der Waals surface area contributed by atoms with Gasteiger partial charge in [0.2, 0.25) is 0 Å². The Balaban J connectivity index is 1.71. The van der Waals surface area contributed by atoms with E-state index >= 15 is 0 Å². The molecule has 0 unspecified atom stereocenters. The van der Waals surface area contributed by atoms with Crippen molar-refractivity contribution in [2.45, 2.75) is 64.7 Å². The largest absolute Gasteiger partial charge is 0.494 e. The fourth-order valence-corrected chi connectivity index (χ4v) is 3.25. The van der Waals surface area contributed by atoms with Gasteiger partial charge in [-0.25, -0.2) is 9.59 Å². The van der Waals surface area contributed by atoms with E-state index in [2.05, 4.69) is 13.8 Å². The summed E-state index contributed by atoms with van der Waals surface area (Å²) in [6.07, 6.45) is 12.7. The molecule has 0 N–H and O–H groups in total. The van der Waals surface area contributed by atoms with Crippen LogP contribution in [0.15, 0.2) is 54.6 Å². The van der Waals surface area contributed by atoms with E-state index in [4.69, 9.17) is 14.2 Å². The van der Waals surface area contributed by atoms with E-state index < -0.39 is 5.97 Å². The molecule has 0 fully saturated rings. The lowest BCUT2D eigenvalue weighted by Gasteiger charge is -2.07. The third kappa shape index (κ3) is 11.2. The zero-order valence-electron chi connectivity index (χ0n) is 20.3. The summed E-state index contributed by atoms with van der Waals surface area (Å²) < 4.78 is 16.3. The molecule has 0 aliphatic heterocycles. The van der Waals surface area contributed by atoms with E-state index in [1.165, 1.54) is 12.5 Å². The number of carbonyl (C=O) groups is 2. The maximum Gasteiger partial charge on any atom is 0.338 e. The summed E-state index contributed by atoms with van der Waals surface area (Å²) in [4.78, 5) is 24.2. The maximum absolute atomic E-state index is 12.1. The first-order chi connectivity index (χ1) is 16.6.